The Bertz CT molecular complexity index is 4490. The molecule has 0 unspecified atom stereocenters. The van der Waals surface area contributed by atoms with E-state index in [1.54, 1.807) is 0 Å². The minimum absolute atomic E-state index is 0. The summed E-state index contributed by atoms with van der Waals surface area (Å²) in [5.41, 5.74) is 15.1. The summed E-state index contributed by atoms with van der Waals surface area (Å²) in [6.45, 7) is 19.1. The molecule has 2 N–H and O–H groups in total. The molecule has 9 rings (SSSR count). The van der Waals surface area contributed by atoms with Crippen molar-refractivity contribution in [2.45, 2.75) is 453 Å². The van der Waals surface area contributed by atoms with Crippen LogP contribution < -0.4 is 19.4 Å². The minimum atomic E-state index is 0. The number of rotatable bonds is 66. The van der Waals surface area contributed by atoms with Gasteiger partial charge < -0.3 is 44.6 Å². The summed E-state index contributed by atoms with van der Waals surface area (Å²) in [6.07, 6.45) is 69.8. The molecule has 13 heteroatoms. The first-order valence-electron chi connectivity index (χ1n) is 51.2. The molecular weight excluding hydrogens is 1560 g/mol. The molecule has 2 aliphatic rings. The summed E-state index contributed by atoms with van der Waals surface area (Å²) < 4.78 is 14.7. The molecular formula is C110H164N8O4Zn. The number of nitrogens with zero attached hydrogens (tertiary/aromatic N) is 8. The van der Waals surface area contributed by atoms with Crippen molar-refractivity contribution in [3.63, 3.8) is 0 Å². The molecule has 8 bridgehead atoms. The normalized spacial score (nSPS) is 11.7. The second kappa shape index (κ2) is 61.0. The van der Waals surface area contributed by atoms with E-state index in [0.717, 1.165) is 161 Å². The fourth-order valence-corrected chi connectivity index (χ4v) is 18.4. The molecule has 7 aromatic rings. The van der Waals surface area contributed by atoms with Crippen LogP contribution >= 0.6 is 0 Å². The number of ether oxygens (including phenoxy) is 2. The van der Waals surface area contributed by atoms with Gasteiger partial charge in [0, 0.05) is 81.7 Å². The van der Waals surface area contributed by atoms with Crippen LogP contribution in [0.4, 0.5) is 0 Å². The van der Waals surface area contributed by atoms with E-state index in [-0.39, 0.29) is 32.7 Å². The van der Waals surface area contributed by atoms with Gasteiger partial charge in [0.15, 0.2) is 11.6 Å². The van der Waals surface area contributed by atoms with Gasteiger partial charge in [-0.2, -0.15) is 0 Å². The Morgan fingerprint density at radius 2 is 0.472 bits per heavy atom. The standard InChI is InChI=1S/C110H164N8O4.Zn/c1-9-17-25-31-37-43-49-57-67-85-75-76-86(68-58-50-44-38-32-26-18-10-2)94-93(85)103-111-104(94)113-106-96-88(70-60-52-46-40-34-28-20-12-4)78-80-90(72-62-54-48-42-36-30-22-14-6)98(96)108(115-106)117-110-100-99(101(121-83-23-15-7)91(73-63-55-65-81-119)92(74-64-56-66-82-120)102(100)122-84-24-16-8)109(118-110)116-107-97-89(71-61-53-47-41-35-29-21-13-5)79-77-87(95(97)105(112-103)114-107)69-59-51-45-39-33-27-19-11-3;/h75-80,119-120H,9-62,65-72,81-84H2,1-8H3;/q-2;+2. The van der Waals surface area contributed by atoms with E-state index < -0.39 is 0 Å². The molecule has 670 valence electrons. The van der Waals surface area contributed by atoms with E-state index in [0.29, 0.717) is 118 Å². The monoisotopic (exact) mass is 1730 g/mol. The van der Waals surface area contributed by atoms with Gasteiger partial charge in [-0.25, -0.2) is 15.0 Å². The fourth-order valence-electron chi connectivity index (χ4n) is 18.4. The Hall–Kier alpha value is -6.50. The average molecular weight is 1730 g/mol. The topological polar surface area (TPSA) is 164 Å². The van der Waals surface area contributed by atoms with Gasteiger partial charge in [-0.1, -0.05) is 398 Å². The predicted octanol–water partition coefficient (Wildman–Crippen LogP) is 30.8. The third kappa shape index (κ3) is 32.3. The maximum atomic E-state index is 10.3. The molecule has 0 radical (unpaired) electrons. The first-order valence-corrected chi connectivity index (χ1v) is 51.2. The van der Waals surface area contributed by atoms with Crippen LogP contribution in [-0.4, -0.2) is 66.5 Å². The van der Waals surface area contributed by atoms with E-state index in [1.807, 2.05) is 0 Å². The van der Waals surface area contributed by atoms with E-state index in [2.05, 4.69) is 115 Å². The summed E-state index contributed by atoms with van der Waals surface area (Å²) in [5, 5.41) is 23.9. The largest absolute Gasteiger partial charge is 2.00 e. The molecule has 123 heavy (non-hydrogen) atoms. The molecule has 3 aromatic heterocycles. The summed E-state index contributed by atoms with van der Waals surface area (Å²) in [7, 11) is 0. The number of hydrogen-bond acceptors (Lipinski definition) is 10. The number of fused-ring (bicyclic) bond motifs is 20. The first kappa shape index (κ1) is 102. The molecule has 0 spiro atoms. The van der Waals surface area contributed by atoms with E-state index >= 15 is 0 Å². The van der Waals surface area contributed by atoms with Crippen LogP contribution in [0.5, 0.6) is 11.5 Å². The van der Waals surface area contributed by atoms with Crippen LogP contribution in [0.1, 0.15) is 459 Å². The Labute approximate surface area is 759 Å². The van der Waals surface area contributed by atoms with Gasteiger partial charge in [0.2, 0.25) is 0 Å². The Kier molecular flexibility index (Phi) is 50.6. The molecule has 0 aliphatic carbocycles. The molecule has 0 amide bonds. The number of aryl methyl sites for hydroxylation is 6. The predicted molar refractivity (Wildman–Crippen MR) is 519 cm³/mol. The first-order chi connectivity index (χ1) is 60.3. The van der Waals surface area contributed by atoms with Crippen molar-refractivity contribution < 1.29 is 39.2 Å². The van der Waals surface area contributed by atoms with Crippen LogP contribution in [0.3, 0.4) is 0 Å². The number of benzene rings is 4. The second-order valence-electron chi connectivity index (χ2n) is 36.1. The van der Waals surface area contributed by atoms with Crippen LogP contribution in [0.25, 0.3) is 89.7 Å². The Morgan fingerprint density at radius 3 is 0.740 bits per heavy atom. The van der Waals surface area contributed by atoms with Crippen molar-refractivity contribution in [2.75, 3.05) is 26.4 Å². The van der Waals surface area contributed by atoms with Gasteiger partial charge in [0.05, 0.1) is 36.0 Å². The molecule has 4 aromatic carbocycles. The van der Waals surface area contributed by atoms with Gasteiger partial charge in [-0.05, 0) is 147 Å². The maximum absolute atomic E-state index is 10.3. The van der Waals surface area contributed by atoms with Crippen molar-refractivity contribution >= 4 is 44.1 Å². The van der Waals surface area contributed by atoms with Crippen molar-refractivity contribution in [3.05, 3.63) is 80.9 Å². The van der Waals surface area contributed by atoms with Crippen LogP contribution in [0, 0.1) is 23.7 Å². The van der Waals surface area contributed by atoms with Gasteiger partial charge in [0.25, 0.3) is 0 Å². The number of aliphatic hydroxyl groups excluding tert-OH is 2. The number of aromatic nitrogens is 8. The quantitative estimate of drug-likeness (QED) is 0.0211. The van der Waals surface area contributed by atoms with E-state index in [9.17, 15) is 10.2 Å². The minimum Gasteiger partial charge on any atom is -0.492 e. The van der Waals surface area contributed by atoms with Crippen molar-refractivity contribution in [1.29, 1.82) is 0 Å². The molecule has 0 saturated heterocycles. The fraction of sp³-hybridized carbons (Fsp3) is 0.673. The van der Waals surface area contributed by atoms with Crippen LogP contribution in [-0.2, 0) is 58.0 Å². The summed E-state index contributed by atoms with van der Waals surface area (Å²) in [5.74, 6) is 17.9. The molecule has 0 atom stereocenters. The van der Waals surface area contributed by atoms with E-state index in [1.165, 1.54) is 277 Å². The number of aliphatic hydroxyl groups is 2. The van der Waals surface area contributed by atoms with Crippen molar-refractivity contribution in [2.24, 2.45) is 0 Å². The van der Waals surface area contributed by atoms with Gasteiger partial charge in [0.1, 0.15) is 11.5 Å². The van der Waals surface area contributed by atoms with Crippen molar-refractivity contribution in [1.82, 2.24) is 39.9 Å². The molecule has 5 heterocycles. The maximum Gasteiger partial charge on any atom is 2.00 e. The third-order valence-corrected chi connectivity index (χ3v) is 25.7. The van der Waals surface area contributed by atoms with Gasteiger partial charge in [-0.3, -0.25) is 0 Å². The summed E-state index contributed by atoms with van der Waals surface area (Å²) in [6, 6.07) is 14.6. The van der Waals surface area contributed by atoms with E-state index in [4.69, 9.17) is 49.3 Å². The molecule has 0 saturated carbocycles. The van der Waals surface area contributed by atoms with Crippen LogP contribution in [0.2, 0.25) is 0 Å². The zero-order valence-electron chi connectivity index (χ0n) is 79.1. The van der Waals surface area contributed by atoms with Gasteiger partial charge in [-0.15, -0.1) is 0 Å². The summed E-state index contributed by atoms with van der Waals surface area (Å²) >= 11 is 0. The Balaban J connectivity index is 0.0000188. The van der Waals surface area contributed by atoms with Crippen LogP contribution in [0.15, 0.2) is 36.4 Å². The SMILES string of the molecule is CCCCCCCCCCc1ccc(CCCCCCCCCC)c2c1-c1nc3nc(nc4[n-]c(nc5[n-]c(nc-2n1)c1c(CCCCCCCCCC)ccc(CCCCCCCCCC)c51)c1c(OCCCC)c(C#CCCCO)c(C#CCCCO)c(OCCCC)c41)-c1c(CCCCCCCCCC)ccc(CCCCCCCCCC)c1-3.[Zn+2]. The smallest absolute Gasteiger partial charge is 0.492 e. The molecule has 0 fully saturated rings. The molecule has 12 nitrogen and oxygen atoms in total. The third-order valence-electron chi connectivity index (χ3n) is 25.7. The molecule has 2 aliphatic heterocycles. The zero-order chi connectivity index (χ0) is 85.8. The summed E-state index contributed by atoms with van der Waals surface area (Å²) in [4.78, 5) is 48.2. The average Bonchev–Trinajstić information content (AvgIpc) is 1.57. The second-order valence-corrected chi connectivity index (χ2v) is 36.1. The Morgan fingerprint density at radius 1 is 0.252 bits per heavy atom. The zero-order valence-corrected chi connectivity index (χ0v) is 82.1. The van der Waals surface area contributed by atoms with Crippen molar-refractivity contribution in [3.8, 4) is 80.7 Å². The van der Waals surface area contributed by atoms with Gasteiger partial charge >= 0.3 is 19.5 Å². The number of unbranched alkanes of at least 4 members (excludes halogenated alkanes) is 46. The number of hydrogen-bond donors (Lipinski definition) is 2.